The molecule has 1 fully saturated rings. The predicted molar refractivity (Wildman–Crippen MR) is 179 cm³/mol. The van der Waals surface area contributed by atoms with Crippen molar-refractivity contribution in [2.24, 2.45) is 0 Å². The number of amides is 2. The summed E-state index contributed by atoms with van der Waals surface area (Å²) in [5, 5.41) is 3.82. The summed E-state index contributed by atoms with van der Waals surface area (Å²) in [5.41, 5.74) is 1.58. The van der Waals surface area contributed by atoms with E-state index < -0.39 is 28.5 Å². The van der Waals surface area contributed by atoms with Crippen molar-refractivity contribution in [3.63, 3.8) is 0 Å². The standard InChI is InChI=1S/C34H41Cl2N3O5S/c1-4-30(34(41)37-25-12-7-6-8-13-25)38(22-27-28(35)14-11-15-29(27)36)33(40)23-39(31-16-9-10-17-32(31)44-5-2)45(42,43)26-20-18-24(3)19-21-26/h9-11,14-21,25,30H,4-8,12-13,22-23H2,1-3H3,(H,37,41). The topological polar surface area (TPSA) is 96.0 Å². The van der Waals surface area contributed by atoms with Gasteiger partial charge in [0.1, 0.15) is 18.3 Å². The van der Waals surface area contributed by atoms with Crippen LogP contribution in [0.2, 0.25) is 10.0 Å². The maximum atomic E-state index is 14.5. The maximum Gasteiger partial charge on any atom is 0.264 e. The van der Waals surface area contributed by atoms with E-state index in [-0.39, 0.29) is 29.1 Å². The highest BCUT2D eigenvalue weighted by Crippen LogP contribution is 2.34. The van der Waals surface area contributed by atoms with E-state index >= 15 is 0 Å². The average Bonchev–Trinajstić information content (AvgIpc) is 3.02. The third-order valence-corrected chi connectivity index (χ3v) is 10.5. The molecule has 242 valence electrons. The van der Waals surface area contributed by atoms with Crippen LogP contribution in [0.4, 0.5) is 5.69 Å². The van der Waals surface area contributed by atoms with Crippen LogP contribution in [0.25, 0.3) is 0 Å². The molecule has 3 aromatic rings. The second-order valence-electron chi connectivity index (χ2n) is 11.2. The minimum absolute atomic E-state index is 0.0231. The number of ether oxygens (including phenoxy) is 1. The molecule has 4 rings (SSSR count). The second kappa shape index (κ2) is 15.8. The predicted octanol–water partition coefficient (Wildman–Crippen LogP) is 7.15. The summed E-state index contributed by atoms with van der Waals surface area (Å²) in [6, 6.07) is 17.3. The van der Waals surface area contributed by atoms with Crippen molar-refractivity contribution >= 4 is 50.7 Å². The second-order valence-corrected chi connectivity index (χ2v) is 13.9. The third-order valence-electron chi connectivity index (χ3n) is 8.05. The number of carbonyl (C=O) groups is 2. The molecule has 1 N–H and O–H groups in total. The molecule has 2 amide bonds. The number of hydrogen-bond donors (Lipinski definition) is 1. The number of carbonyl (C=O) groups excluding carboxylic acids is 2. The van der Waals surface area contributed by atoms with Crippen LogP contribution in [0.1, 0.15) is 63.5 Å². The summed E-state index contributed by atoms with van der Waals surface area (Å²) in [4.78, 5) is 29.7. The normalized spacial score (nSPS) is 14.4. The first-order chi connectivity index (χ1) is 21.6. The van der Waals surface area contributed by atoms with Crippen molar-refractivity contribution in [3.05, 3.63) is 87.9 Å². The van der Waals surface area contributed by atoms with Gasteiger partial charge in [-0.2, -0.15) is 0 Å². The molecular formula is C34H41Cl2N3O5S. The number of sulfonamides is 1. The highest BCUT2D eigenvalue weighted by atomic mass is 35.5. The summed E-state index contributed by atoms with van der Waals surface area (Å²) in [6.45, 7) is 5.11. The monoisotopic (exact) mass is 673 g/mol. The first kappa shape index (κ1) is 34.6. The first-order valence-electron chi connectivity index (χ1n) is 15.4. The van der Waals surface area contributed by atoms with Gasteiger partial charge in [-0.1, -0.05) is 85.3 Å². The third kappa shape index (κ3) is 8.51. The Hall–Kier alpha value is -3.27. The number of nitrogens with zero attached hydrogens (tertiary/aromatic N) is 2. The Morgan fingerprint density at radius 2 is 1.58 bits per heavy atom. The highest BCUT2D eigenvalue weighted by Gasteiger charge is 2.36. The fraction of sp³-hybridized carbons (Fsp3) is 0.412. The number of rotatable bonds is 13. The molecule has 1 saturated carbocycles. The number of aryl methyl sites for hydroxylation is 1. The molecule has 0 aromatic heterocycles. The minimum Gasteiger partial charge on any atom is -0.492 e. The molecular weight excluding hydrogens is 633 g/mol. The van der Waals surface area contributed by atoms with Crippen LogP contribution >= 0.6 is 23.2 Å². The molecule has 0 aliphatic heterocycles. The van der Waals surface area contributed by atoms with Crippen molar-refractivity contribution in [1.29, 1.82) is 0 Å². The quantitative estimate of drug-likeness (QED) is 0.208. The van der Waals surface area contributed by atoms with Gasteiger partial charge in [-0.25, -0.2) is 8.42 Å². The van der Waals surface area contributed by atoms with Gasteiger partial charge in [0.05, 0.1) is 17.2 Å². The highest BCUT2D eigenvalue weighted by molar-refractivity contribution is 7.92. The zero-order valence-corrected chi connectivity index (χ0v) is 28.3. The molecule has 1 unspecified atom stereocenters. The van der Waals surface area contributed by atoms with Crippen molar-refractivity contribution < 1.29 is 22.7 Å². The molecule has 1 aliphatic carbocycles. The fourth-order valence-electron chi connectivity index (χ4n) is 5.61. The summed E-state index contributed by atoms with van der Waals surface area (Å²) in [6.07, 6.45) is 5.25. The first-order valence-corrected chi connectivity index (χ1v) is 17.6. The van der Waals surface area contributed by atoms with Crippen LogP contribution in [0.5, 0.6) is 5.75 Å². The molecule has 0 spiro atoms. The number of nitrogens with one attached hydrogen (secondary N) is 1. The molecule has 1 aliphatic rings. The summed E-state index contributed by atoms with van der Waals surface area (Å²) in [7, 11) is -4.25. The smallest absolute Gasteiger partial charge is 0.264 e. The van der Waals surface area contributed by atoms with Crippen molar-refractivity contribution in [3.8, 4) is 5.75 Å². The van der Waals surface area contributed by atoms with Crippen molar-refractivity contribution in [2.75, 3.05) is 17.5 Å². The van der Waals surface area contributed by atoms with Gasteiger partial charge in [-0.05, 0) is 69.5 Å². The Balaban J connectivity index is 1.78. The maximum absolute atomic E-state index is 14.5. The lowest BCUT2D eigenvalue weighted by atomic mass is 9.95. The van der Waals surface area contributed by atoms with E-state index in [1.165, 1.54) is 17.0 Å². The number of para-hydroxylation sites is 2. The van der Waals surface area contributed by atoms with E-state index in [2.05, 4.69) is 5.32 Å². The Morgan fingerprint density at radius 1 is 0.933 bits per heavy atom. The van der Waals surface area contributed by atoms with E-state index in [1.54, 1.807) is 61.5 Å². The number of hydrogen-bond acceptors (Lipinski definition) is 5. The lowest BCUT2D eigenvalue weighted by Crippen LogP contribution is -2.54. The Labute approximate surface area is 276 Å². The number of anilines is 1. The van der Waals surface area contributed by atoms with Crippen LogP contribution in [0.15, 0.2) is 71.6 Å². The molecule has 0 radical (unpaired) electrons. The fourth-order valence-corrected chi connectivity index (χ4v) is 7.55. The molecule has 0 heterocycles. The molecule has 45 heavy (non-hydrogen) atoms. The Bertz CT molecular complexity index is 1560. The van der Waals surface area contributed by atoms with Crippen LogP contribution in [0, 0.1) is 6.92 Å². The van der Waals surface area contributed by atoms with Gasteiger partial charge in [0.25, 0.3) is 10.0 Å². The Morgan fingerprint density at radius 3 is 2.20 bits per heavy atom. The van der Waals surface area contributed by atoms with Gasteiger partial charge in [0, 0.05) is 28.2 Å². The van der Waals surface area contributed by atoms with E-state index in [1.807, 2.05) is 13.8 Å². The molecule has 0 saturated heterocycles. The van der Waals surface area contributed by atoms with E-state index in [0.29, 0.717) is 34.4 Å². The molecule has 0 bridgehead atoms. The van der Waals surface area contributed by atoms with Gasteiger partial charge in [0.15, 0.2) is 0 Å². The SMILES string of the molecule is CCOc1ccccc1N(CC(=O)N(Cc1c(Cl)cccc1Cl)C(CC)C(=O)NC1CCCCC1)S(=O)(=O)c1ccc(C)cc1. The van der Waals surface area contributed by atoms with E-state index in [0.717, 1.165) is 42.0 Å². The van der Waals surface area contributed by atoms with E-state index in [9.17, 15) is 18.0 Å². The van der Waals surface area contributed by atoms with Gasteiger partial charge in [0.2, 0.25) is 11.8 Å². The molecule has 8 nitrogen and oxygen atoms in total. The van der Waals surface area contributed by atoms with Crippen molar-refractivity contribution in [1.82, 2.24) is 10.2 Å². The van der Waals surface area contributed by atoms with Gasteiger partial charge in [-0.3, -0.25) is 13.9 Å². The van der Waals surface area contributed by atoms with Gasteiger partial charge in [-0.15, -0.1) is 0 Å². The summed E-state index contributed by atoms with van der Waals surface area (Å²) < 4.78 is 35.3. The minimum atomic E-state index is -4.25. The molecule has 11 heteroatoms. The summed E-state index contributed by atoms with van der Waals surface area (Å²) >= 11 is 13.1. The lowest BCUT2D eigenvalue weighted by Gasteiger charge is -2.35. The lowest BCUT2D eigenvalue weighted by molar-refractivity contribution is -0.140. The average molecular weight is 675 g/mol. The largest absolute Gasteiger partial charge is 0.492 e. The molecule has 1 atom stereocenters. The number of halogens is 2. The zero-order chi connectivity index (χ0) is 32.6. The van der Waals surface area contributed by atoms with Crippen LogP contribution < -0.4 is 14.4 Å². The van der Waals surface area contributed by atoms with Crippen LogP contribution in [0.3, 0.4) is 0 Å². The molecule has 3 aromatic carbocycles. The van der Waals surface area contributed by atoms with Gasteiger partial charge >= 0.3 is 0 Å². The number of benzene rings is 3. The summed E-state index contributed by atoms with van der Waals surface area (Å²) in [5.74, 6) is -0.562. The van der Waals surface area contributed by atoms with Crippen molar-refractivity contribution in [2.45, 2.75) is 82.8 Å². The zero-order valence-electron chi connectivity index (χ0n) is 26.0. The van der Waals surface area contributed by atoms with E-state index in [4.69, 9.17) is 27.9 Å². The van der Waals surface area contributed by atoms with Gasteiger partial charge < -0.3 is 15.0 Å². The van der Waals surface area contributed by atoms with Crippen LogP contribution in [-0.2, 0) is 26.2 Å². The van der Waals surface area contributed by atoms with Crippen LogP contribution in [-0.4, -0.2) is 50.4 Å². The Kier molecular flexibility index (Phi) is 12.2.